The van der Waals surface area contributed by atoms with Gasteiger partial charge in [0.2, 0.25) is 0 Å². The zero-order valence-corrected chi connectivity index (χ0v) is 12.1. The van der Waals surface area contributed by atoms with E-state index in [-0.39, 0.29) is 75.2 Å². The number of halogens is 2. The average molecular weight is 440 g/mol. The number of hydrogen-bond acceptors (Lipinski definition) is 8. The second kappa shape index (κ2) is 18.2. The van der Waals surface area contributed by atoms with Gasteiger partial charge in [0.15, 0.2) is 0 Å². The molecule has 0 aliphatic carbocycles. The van der Waals surface area contributed by atoms with Gasteiger partial charge in [-0.1, -0.05) is 0 Å². The molecular weight excluding hydrogens is 440 g/mol. The molecule has 15 heteroatoms. The van der Waals surface area contributed by atoms with Crippen molar-refractivity contribution in [1.29, 1.82) is 0 Å². The van der Waals surface area contributed by atoms with Crippen LogP contribution in [0.3, 0.4) is 0 Å². The Hall–Kier alpha value is 1.84. The van der Waals surface area contributed by atoms with Crippen LogP contribution >= 0.6 is 0 Å². The first kappa shape index (κ1) is 43.6. The molecular formula is Cl2Co3O8S2. The Labute approximate surface area is 130 Å². The monoisotopic (exact) mass is 439 g/mol. The van der Waals surface area contributed by atoms with E-state index >= 15 is 0 Å². The summed E-state index contributed by atoms with van der Waals surface area (Å²) < 4.78 is 68.2. The normalized spacial score (nSPS) is 7.73. The van der Waals surface area contributed by atoms with Crippen LogP contribution in [0.25, 0.3) is 0 Å². The first-order valence-corrected chi connectivity index (χ1v) is 4.00. The van der Waals surface area contributed by atoms with E-state index in [0.717, 1.165) is 0 Å². The fourth-order valence-corrected chi connectivity index (χ4v) is 0. The van der Waals surface area contributed by atoms with Crippen LogP contribution < -0.4 is 24.8 Å². The molecule has 0 aliphatic heterocycles. The van der Waals surface area contributed by atoms with Gasteiger partial charge in [0.1, 0.15) is 0 Å². The van der Waals surface area contributed by atoms with Crippen molar-refractivity contribution < 1.29 is 110 Å². The van der Waals surface area contributed by atoms with Crippen LogP contribution in [0.15, 0.2) is 0 Å². The Balaban J connectivity index is -0.0000000128. The Kier molecular flexibility index (Phi) is 53.0. The minimum Gasteiger partial charge on any atom is -1.00 e. The largest absolute Gasteiger partial charge is 2.00 e. The quantitative estimate of drug-likeness (QED) is 0.265. The fraction of sp³-hybridized carbons (Fsp3) is 0. The van der Waals surface area contributed by atoms with E-state index in [1.54, 1.807) is 0 Å². The van der Waals surface area contributed by atoms with Crippen molar-refractivity contribution in [2.24, 2.45) is 0 Å². The molecule has 0 unspecified atom stereocenters. The molecule has 101 valence electrons. The molecule has 0 aromatic rings. The summed E-state index contributed by atoms with van der Waals surface area (Å²) in [6.45, 7) is 0. The second-order valence-electron chi connectivity index (χ2n) is 0.816. The van der Waals surface area contributed by atoms with Crippen LogP contribution in [0.1, 0.15) is 0 Å². The van der Waals surface area contributed by atoms with Gasteiger partial charge in [0, 0.05) is 20.8 Å². The predicted molar refractivity (Wildman–Crippen MR) is 20.9 cm³/mol. The molecule has 3 radical (unpaired) electrons. The molecule has 0 amide bonds. The maximum absolute atomic E-state index is 8.52. The zero-order chi connectivity index (χ0) is 9.00. The van der Waals surface area contributed by atoms with Crippen LogP contribution in [0, 0.1) is 0 Å². The number of hydrogen-bond donors (Lipinski definition) is 0. The van der Waals surface area contributed by atoms with Crippen LogP contribution in [-0.4, -0.2) is 35.0 Å². The molecule has 0 atom stereocenters. The molecule has 8 nitrogen and oxygen atoms in total. The first-order chi connectivity index (χ1) is 4.00. The Bertz CT molecular complexity index is 222. The molecule has 0 fully saturated rings. The average Bonchev–Trinajstić information content (AvgIpc) is 1.12. The second-order valence-corrected chi connectivity index (χ2v) is 2.45. The van der Waals surface area contributed by atoms with Crippen LogP contribution in [0.2, 0.25) is 0 Å². The topological polar surface area (TPSA) is 161 Å². The van der Waals surface area contributed by atoms with Crippen LogP contribution in [0.5, 0.6) is 0 Å². The van der Waals surface area contributed by atoms with Crippen molar-refractivity contribution >= 4 is 20.8 Å². The van der Waals surface area contributed by atoms with Gasteiger partial charge in [-0.25, -0.2) is 0 Å². The Morgan fingerprint density at radius 2 is 0.533 bits per heavy atom. The summed E-state index contributed by atoms with van der Waals surface area (Å²) in [4.78, 5) is 0. The molecule has 0 heterocycles. The van der Waals surface area contributed by atoms with Crippen molar-refractivity contribution in [3.8, 4) is 0 Å². The molecule has 0 aromatic carbocycles. The Morgan fingerprint density at radius 1 is 0.533 bits per heavy atom. The van der Waals surface area contributed by atoms with Gasteiger partial charge in [-0.3, -0.25) is 16.8 Å². The van der Waals surface area contributed by atoms with Gasteiger partial charge >= 0.3 is 50.3 Å². The standard InChI is InChI=1S/2ClH.3Co.2H2O4S/c;;;;;2*1-5(2,3)4/h2*1H;;;;2*(H2,1,2,3,4)/q;;3*+2;;/p-6. The maximum atomic E-state index is 8.52. The summed E-state index contributed by atoms with van der Waals surface area (Å²) in [5.41, 5.74) is 0. The smallest absolute Gasteiger partial charge is 1.00 e. The third-order valence-electron chi connectivity index (χ3n) is 0. The molecule has 0 bridgehead atoms. The SMILES string of the molecule is O=S(=O)([O-])[O-].O=S(=O)([O-])[O-].[Cl-].[Cl-].[Co+2].[Co+2].[Co+2]. The molecule has 0 saturated carbocycles. The molecule has 0 aromatic heterocycles. The third kappa shape index (κ3) is 897. The summed E-state index contributed by atoms with van der Waals surface area (Å²) in [6, 6.07) is 0. The van der Waals surface area contributed by atoms with Crippen LogP contribution in [-0.2, 0) is 71.1 Å². The maximum Gasteiger partial charge on any atom is 2.00 e. The summed E-state index contributed by atoms with van der Waals surface area (Å²) >= 11 is 0. The van der Waals surface area contributed by atoms with Crippen molar-refractivity contribution in [3.63, 3.8) is 0 Å². The van der Waals surface area contributed by atoms with E-state index in [0.29, 0.717) is 0 Å². The molecule has 0 saturated heterocycles. The molecule has 0 N–H and O–H groups in total. The summed E-state index contributed by atoms with van der Waals surface area (Å²) in [7, 11) is -10.3. The van der Waals surface area contributed by atoms with Crippen molar-refractivity contribution in [2.45, 2.75) is 0 Å². The van der Waals surface area contributed by atoms with E-state index in [9.17, 15) is 0 Å². The minimum absolute atomic E-state index is 0. The molecule has 15 heavy (non-hydrogen) atoms. The van der Waals surface area contributed by atoms with E-state index in [1.165, 1.54) is 0 Å². The summed E-state index contributed by atoms with van der Waals surface area (Å²) in [6.07, 6.45) is 0. The van der Waals surface area contributed by atoms with E-state index in [2.05, 4.69) is 0 Å². The zero-order valence-electron chi connectivity index (χ0n) is 5.84. The van der Waals surface area contributed by atoms with Gasteiger partial charge in [0.25, 0.3) is 0 Å². The molecule has 0 rings (SSSR count). The van der Waals surface area contributed by atoms with Gasteiger partial charge in [0.05, 0.1) is 0 Å². The summed E-state index contributed by atoms with van der Waals surface area (Å²) in [5.74, 6) is 0. The third-order valence-corrected chi connectivity index (χ3v) is 0. The van der Waals surface area contributed by atoms with Gasteiger partial charge in [-0.2, -0.15) is 0 Å². The van der Waals surface area contributed by atoms with E-state index in [4.69, 9.17) is 35.0 Å². The van der Waals surface area contributed by atoms with Gasteiger partial charge in [-0.15, -0.1) is 0 Å². The summed E-state index contributed by atoms with van der Waals surface area (Å²) in [5, 5.41) is 0. The van der Waals surface area contributed by atoms with Gasteiger partial charge < -0.3 is 43.0 Å². The number of rotatable bonds is 0. The fourth-order valence-electron chi connectivity index (χ4n) is 0. The van der Waals surface area contributed by atoms with Crippen LogP contribution in [0.4, 0.5) is 0 Å². The van der Waals surface area contributed by atoms with Crippen molar-refractivity contribution in [1.82, 2.24) is 0 Å². The first-order valence-electron chi connectivity index (χ1n) is 1.33. The van der Waals surface area contributed by atoms with Gasteiger partial charge in [-0.05, 0) is 0 Å². The Morgan fingerprint density at radius 3 is 0.533 bits per heavy atom. The predicted octanol–water partition coefficient (Wildman–Crippen LogP) is -8.68. The molecule has 0 aliphatic rings. The van der Waals surface area contributed by atoms with Crippen molar-refractivity contribution in [2.75, 3.05) is 0 Å². The minimum atomic E-state index is -5.17. The van der Waals surface area contributed by atoms with Crippen molar-refractivity contribution in [3.05, 3.63) is 0 Å². The van der Waals surface area contributed by atoms with E-state index in [1.807, 2.05) is 0 Å². The molecule has 0 spiro atoms. The van der Waals surface area contributed by atoms with E-state index < -0.39 is 20.8 Å².